The average molecular weight is 281 g/mol. The third-order valence-electron chi connectivity index (χ3n) is 3.14. The fraction of sp³-hybridized carbons (Fsp3) is 0.385. The van der Waals surface area contributed by atoms with Crippen molar-refractivity contribution in [3.05, 3.63) is 35.2 Å². The van der Waals surface area contributed by atoms with Crippen LogP contribution >= 0.6 is 0 Å². The molecule has 0 radical (unpaired) electrons. The molecule has 7 heteroatoms. The molecule has 1 saturated heterocycles. The summed E-state index contributed by atoms with van der Waals surface area (Å²) < 4.78 is 37.5. The van der Waals surface area contributed by atoms with E-state index in [0.29, 0.717) is 24.5 Å². The van der Waals surface area contributed by atoms with Gasteiger partial charge in [-0.15, -0.1) is 0 Å². The van der Waals surface area contributed by atoms with Gasteiger partial charge in [-0.1, -0.05) is 5.16 Å². The van der Waals surface area contributed by atoms with E-state index in [9.17, 15) is 8.78 Å². The van der Waals surface area contributed by atoms with E-state index in [0.717, 1.165) is 12.6 Å². The van der Waals surface area contributed by atoms with E-state index in [2.05, 4.69) is 15.5 Å². The Morgan fingerprint density at radius 1 is 1.30 bits per heavy atom. The second-order valence-electron chi connectivity index (χ2n) is 4.60. The molecule has 1 atom stereocenters. The van der Waals surface area contributed by atoms with Crippen LogP contribution in [0.3, 0.4) is 0 Å². The number of nitrogens with zero attached hydrogens (tertiary/aromatic N) is 2. The average Bonchev–Trinajstić information content (AvgIpc) is 2.93. The molecule has 3 rings (SSSR count). The number of morpholine rings is 1. The molecule has 5 nitrogen and oxygen atoms in total. The van der Waals surface area contributed by atoms with Crippen LogP contribution in [0.25, 0.3) is 11.5 Å². The number of ether oxygens (including phenoxy) is 1. The van der Waals surface area contributed by atoms with Crippen molar-refractivity contribution in [2.24, 2.45) is 0 Å². The number of hydrogen-bond donors (Lipinski definition) is 1. The Morgan fingerprint density at radius 2 is 2.15 bits per heavy atom. The van der Waals surface area contributed by atoms with E-state index in [1.54, 1.807) is 6.92 Å². The molecule has 1 fully saturated rings. The second kappa shape index (κ2) is 5.26. The largest absolute Gasteiger partial charge is 0.367 e. The van der Waals surface area contributed by atoms with E-state index in [-0.39, 0.29) is 17.6 Å². The van der Waals surface area contributed by atoms with Crippen molar-refractivity contribution >= 4 is 0 Å². The number of aromatic nitrogens is 2. The molecule has 0 spiro atoms. The molecule has 1 aromatic heterocycles. The normalized spacial score (nSPS) is 19.2. The molecule has 0 saturated carbocycles. The number of hydrogen-bond acceptors (Lipinski definition) is 5. The molecule has 0 bridgehead atoms. The highest BCUT2D eigenvalue weighted by Gasteiger charge is 2.23. The summed E-state index contributed by atoms with van der Waals surface area (Å²) in [6.07, 6.45) is -0.314. The van der Waals surface area contributed by atoms with Gasteiger partial charge < -0.3 is 14.6 Å². The monoisotopic (exact) mass is 281 g/mol. The highest BCUT2D eigenvalue weighted by atomic mass is 19.1. The molecule has 2 heterocycles. The third-order valence-corrected chi connectivity index (χ3v) is 3.14. The number of nitrogens with one attached hydrogen (secondary N) is 1. The van der Waals surface area contributed by atoms with Gasteiger partial charge >= 0.3 is 0 Å². The summed E-state index contributed by atoms with van der Waals surface area (Å²) in [7, 11) is 0. The molecule has 1 N–H and O–H groups in total. The highest BCUT2D eigenvalue weighted by Crippen LogP contribution is 2.26. The van der Waals surface area contributed by atoms with Gasteiger partial charge in [0, 0.05) is 19.2 Å². The standard InChI is InChI=1S/C13H13F2N3O2/c1-7-4-8(10(15)5-9(7)14)13-17-12(18-20-13)11-6-16-2-3-19-11/h4-5,11,16H,2-3,6H2,1H3. The molecule has 106 valence electrons. The van der Waals surface area contributed by atoms with Crippen LogP contribution in [0, 0.1) is 18.6 Å². The van der Waals surface area contributed by atoms with Gasteiger partial charge in [0.1, 0.15) is 17.7 Å². The van der Waals surface area contributed by atoms with E-state index in [4.69, 9.17) is 9.26 Å². The van der Waals surface area contributed by atoms with Crippen LogP contribution in [-0.4, -0.2) is 29.8 Å². The maximum Gasteiger partial charge on any atom is 0.261 e. The summed E-state index contributed by atoms with van der Waals surface area (Å²) in [4.78, 5) is 4.13. The van der Waals surface area contributed by atoms with Gasteiger partial charge in [0.2, 0.25) is 5.82 Å². The third kappa shape index (κ3) is 2.41. The van der Waals surface area contributed by atoms with Crippen molar-refractivity contribution in [1.29, 1.82) is 0 Å². The fourth-order valence-corrected chi connectivity index (χ4v) is 2.03. The van der Waals surface area contributed by atoms with Crippen molar-refractivity contribution in [2.75, 3.05) is 19.7 Å². The van der Waals surface area contributed by atoms with Crippen LogP contribution in [-0.2, 0) is 4.74 Å². The second-order valence-corrected chi connectivity index (χ2v) is 4.60. The molecule has 0 amide bonds. The first-order valence-electron chi connectivity index (χ1n) is 6.27. The zero-order valence-corrected chi connectivity index (χ0v) is 10.8. The zero-order valence-electron chi connectivity index (χ0n) is 10.8. The van der Waals surface area contributed by atoms with Gasteiger partial charge in [0.15, 0.2) is 0 Å². The fourth-order valence-electron chi connectivity index (χ4n) is 2.03. The van der Waals surface area contributed by atoms with Crippen LogP contribution in [0.5, 0.6) is 0 Å². The molecule has 2 aromatic rings. The molecule has 1 aliphatic heterocycles. The molecular formula is C13H13F2N3O2. The first-order chi connectivity index (χ1) is 9.65. The van der Waals surface area contributed by atoms with Gasteiger partial charge in [0.25, 0.3) is 5.89 Å². The lowest BCUT2D eigenvalue weighted by atomic mass is 10.1. The highest BCUT2D eigenvalue weighted by molar-refractivity contribution is 5.55. The Labute approximate surface area is 113 Å². The minimum Gasteiger partial charge on any atom is -0.367 e. The lowest BCUT2D eigenvalue weighted by Crippen LogP contribution is -2.33. The van der Waals surface area contributed by atoms with Crippen LogP contribution in [0.15, 0.2) is 16.7 Å². The quantitative estimate of drug-likeness (QED) is 0.912. The summed E-state index contributed by atoms with van der Waals surface area (Å²) in [5.41, 5.74) is 0.406. The Bertz CT molecular complexity index is 624. The minimum atomic E-state index is -0.731. The van der Waals surface area contributed by atoms with Crippen molar-refractivity contribution in [1.82, 2.24) is 15.5 Å². The van der Waals surface area contributed by atoms with Gasteiger partial charge in [-0.2, -0.15) is 4.98 Å². The van der Waals surface area contributed by atoms with Crippen LogP contribution in [0.2, 0.25) is 0 Å². The van der Waals surface area contributed by atoms with Crippen molar-refractivity contribution in [2.45, 2.75) is 13.0 Å². The maximum atomic E-state index is 13.8. The Balaban J connectivity index is 1.91. The Hall–Kier alpha value is -1.86. The van der Waals surface area contributed by atoms with E-state index >= 15 is 0 Å². The predicted octanol–water partition coefficient (Wildman–Crippen LogP) is 1.98. The van der Waals surface area contributed by atoms with E-state index in [1.165, 1.54) is 6.07 Å². The lowest BCUT2D eigenvalue weighted by molar-refractivity contribution is 0.0208. The van der Waals surface area contributed by atoms with Crippen molar-refractivity contribution in [3.8, 4) is 11.5 Å². The first kappa shape index (κ1) is 13.1. The van der Waals surface area contributed by atoms with Gasteiger partial charge in [-0.25, -0.2) is 8.78 Å². The minimum absolute atomic E-state index is 0.0229. The lowest BCUT2D eigenvalue weighted by Gasteiger charge is -2.20. The number of rotatable bonds is 2. The summed E-state index contributed by atoms with van der Waals surface area (Å²) in [5.74, 6) is -0.958. The molecule has 1 aliphatic rings. The van der Waals surface area contributed by atoms with Crippen molar-refractivity contribution < 1.29 is 18.0 Å². The number of aryl methyl sites for hydroxylation is 1. The summed E-state index contributed by atoms with van der Waals surface area (Å²) in [6, 6.07) is 2.16. The van der Waals surface area contributed by atoms with Gasteiger partial charge in [0.05, 0.1) is 12.2 Å². The summed E-state index contributed by atoms with van der Waals surface area (Å²) in [6.45, 7) is 3.44. The van der Waals surface area contributed by atoms with Crippen LogP contribution in [0.1, 0.15) is 17.5 Å². The molecule has 20 heavy (non-hydrogen) atoms. The summed E-state index contributed by atoms with van der Waals surface area (Å²) >= 11 is 0. The molecule has 0 aliphatic carbocycles. The summed E-state index contributed by atoms with van der Waals surface area (Å²) in [5, 5.41) is 6.94. The Morgan fingerprint density at radius 3 is 2.90 bits per heavy atom. The van der Waals surface area contributed by atoms with Gasteiger partial charge in [-0.05, 0) is 18.6 Å². The molecular weight excluding hydrogens is 268 g/mol. The number of halogens is 2. The van der Waals surface area contributed by atoms with Crippen LogP contribution in [0.4, 0.5) is 8.78 Å². The topological polar surface area (TPSA) is 60.2 Å². The van der Waals surface area contributed by atoms with E-state index in [1.807, 2.05) is 0 Å². The zero-order chi connectivity index (χ0) is 14.1. The van der Waals surface area contributed by atoms with E-state index < -0.39 is 11.6 Å². The molecule has 1 aromatic carbocycles. The Kier molecular flexibility index (Phi) is 3.45. The predicted molar refractivity (Wildman–Crippen MR) is 65.9 cm³/mol. The molecule has 1 unspecified atom stereocenters. The van der Waals surface area contributed by atoms with Crippen molar-refractivity contribution in [3.63, 3.8) is 0 Å². The van der Waals surface area contributed by atoms with Crippen LogP contribution < -0.4 is 5.32 Å². The SMILES string of the molecule is Cc1cc(-c2nc(C3CNCCO3)no2)c(F)cc1F. The maximum absolute atomic E-state index is 13.8. The first-order valence-corrected chi connectivity index (χ1v) is 6.27. The number of benzene rings is 1. The van der Waals surface area contributed by atoms with Gasteiger partial charge in [-0.3, -0.25) is 0 Å². The smallest absolute Gasteiger partial charge is 0.261 e.